The van der Waals surface area contributed by atoms with Crippen LogP contribution >= 0.6 is 27.7 Å². The zero-order chi connectivity index (χ0) is 10.4. The van der Waals surface area contributed by atoms with E-state index in [1.54, 1.807) is 6.20 Å². The summed E-state index contributed by atoms with van der Waals surface area (Å²) in [6.07, 6.45) is 4.94. The highest BCUT2D eigenvalue weighted by Gasteiger charge is 1.99. The molecule has 0 amide bonds. The van der Waals surface area contributed by atoms with E-state index in [2.05, 4.69) is 27.2 Å². The van der Waals surface area contributed by atoms with Crippen molar-refractivity contribution in [3.8, 4) is 5.88 Å². The van der Waals surface area contributed by atoms with Crippen molar-refractivity contribution in [2.75, 3.05) is 18.6 Å². The molecule has 0 aliphatic heterocycles. The average Bonchev–Trinajstić information content (AvgIpc) is 2.18. The molecule has 0 atom stereocenters. The molecule has 0 fully saturated rings. The Bertz CT molecular complexity index is 293. The quantitative estimate of drug-likeness (QED) is 0.770. The van der Waals surface area contributed by atoms with E-state index in [-0.39, 0.29) is 0 Å². The summed E-state index contributed by atoms with van der Waals surface area (Å²) in [6.45, 7) is 2.77. The van der Waals surface area contributed by atoms with Crippen LogP contribution in [0.5, 0.6) is 5.88 Å². The summed E-state index contributed by atoms with van der Waals surface area (Å²) in [5, 5.41) is 0. The molecule has 4 heteroatoms. The van der Waals surface area contributed by atoms with Crippen LogP contribution in [0.15, 0.2) is 16.7 Å². The molecule has 0 aliphatic carbocycles. The predicted octanol–water partition coefficient (Wildman–Crippen LogP) is 3.28. The molecule has 0 saturated carbocycles. The fraction of sp³-hybridized carbons (Fsp3) is 0.500. The number of halogens is 1. The van der Waals surface area contributed by atoms with E-state index in [1.807, 2.05) is 24.8 Å². The van der Waals surface area contributed by atoms with Gasteiger partial charge in [0, 0.05) is 16.7 Å². The molecule has 1 aromatic heterocycles. The minimum Gasteiger partial charge on any atom is -0.478 e. The van der Waals surface area contributed by atoms with Gasteiger partial charge in [0.1, 0.15) is 0 Å². The van der Waals surface area contributed by atoms with Gasteiger partial charge in [-0.15, -0.1) is 0 Å². The third kappa shape index (κ3) is 3.88. The summed E-state index contributed by atoms with van der Waals surface area (Å²) in [7, 11) is 0. The van der Waals surface area contributed by atoms with Crippen LogP contribution in [-0.2, 0) is 0 Å². The van der Waals surface area contributed by atoms with Crippen molar-refractivity contribution < 1.29 is 4.74 Å². The maximum atomic E-state index is 5.50. The summed E-state index contributed by atoms with van der Waals surface area (Å²) >= 11 is 5.24. The Balaban J connectivity index is 2.39. The topological polar surface area (TPSA) is 22.1 Å². The largest absolute Gasteiger partial charge is 0.478 e. The second kappa shape index (κ2) is 6.30. The lowest BCUT2D eigenvalue weighted by molar-refractivity contribution is 0.306. The summed E-state index contributed by atoms with van der Waals surface area (Å²) in [4.78, 5) is 4.16. The predicted molar refractivity (Wildman–Crippen MR) is 65.2 cm³/mol. The third-order valence-corrected chi connectivity index (χ3v) is 3.29. The number of pyridine rings is 1. The van der Waals surface area contributed by atoms with Gasteiger partial charge < -0.3 is 4.74 Å². The summed E-state index contributed by atoms with van der Waals surface area (Å²) < 4.78 is 6.52. The number of nitrogens with zero attached hydrogens (tertiary/aromatic N) is 1. The second-order valence-corrected chi connectivity index (χ2v) is 4.81. The lowest BCUT2D eigenvalue weighted by Gasteiger charge is -2.05. The van der Waals surface area contributed by atoms with Crippen LogP contribution in [0.3, 0.4) is 0 Å². The van der Waals surface area contributed by atoms with Gasteiger partial charge in [-0.3, -0.25) is 0 Å². The second-order valence-electron chi connectivity index (χ2n) is 2.97. The lowest BCUT2D eigenvalue weighted by atomic mass is 10.3. The number of hydrogen-bond acceptors (Lipinski definition) is 3. The van der Waals surface area contributed by atoms with Crippen LogP contribution < -0.4 is 4.74 Å². The van der Waals surface area contributed by atoms with Crippen LogP contribution in [0, 0.1) is 6.92 Å². The zero-order valence-electron chi connectivity index (χ0n) is 8.42. The van der Waals surface area contributed by atoms with Crippen molar-refractivity contribution in [3.05, 3.63) is 22.3 Å². The number of hydrogen-bond donors (Lipinski definition) is 0. The Labute approximate surface area is 97.6 Å². The highest BCUT2D eigenvalue weighted by Crippen LogP contribution is 2.18. The molecule has 0 aromatic carbocycles. The number of rotatable bonds is 5. The molecule has 0 aliphatic rings. The van der Waals surface area contributed by atoms with Gasteiger partial charge >= 0.3 is 0 Å². The molecule has 1 aromatic rings. The van der Waals surface area contributed by atoms with Crippen LogP contribution in [0.1, 0.15) is 12.0 Å². The number of aromatic nitrogens is 1. The van der Waals surface area contributed by atoms with Gasteiger partial charge in [-0.05, 0) is 46.8 Å². The minimum atomic E-state index is 0.715. The molecular weight excluding hydrogens is 262 g/mol. The summed E-state index contributed by atoms with van der Waals surface area (Å²) in [5.41, 5.74) is 1.15. The molecule has 1 rings (SSSR count). The van der Waals surface area contributed by atoms with Crippen molar-refractivity contribution in [3.63, 3.8) is 0 Å². The van der Waals surface area contributed by atoms with Gasteiger partial charge in [-0.1, -0.05) is 0 Å². The van der Waals surface area contributed by atoms with Crippen LogP contribution in [0.25, 0.3) is 0 Å². The van der Waals surface area contributed by atoms with E-state index in [9.17, 15) is 0 Å². The molecule has 0 bridgehead atoms. The van der Waals surface area contributed by atoms with Crippen LogP contribution in [0.4, 0.5) is 0 Å². The highest BCUT2D eigenvalue weighted by molar-refractivity contribution is 9.10. The standard InChI is InChI=1S/C10H14BrNOS/c1-8-6-10(12-7-9(8)11)13-4-3-5-14-2/h6-7H,3-5H2,1-2H3. The lowest BCUT2D eigenvalue weighted by Crippen LogP contribution is -2.00. The fourth-order valence-corrected chi connectivity index (χ4v) is 1.60. The normalized spacial score (nSPS) is 10.2. The van der Waals surface area contributed by atoms with Crippen molar-refractivity contribution in [1.82, 2.24) is 4.98 Å². The molecule has 0 N–H and O–H groups in total. The van der Waals surface area contributed by atoms with E-state index < -0.39 is 0 Å². The van der Waals surface area contributed by atoms with Gasteiger partial charge in [-0.2, -0.15) is 11.8 Å². The van der Waals surface area contributed by atoms with Crippen molar-refractivity contribution in [1.29, 1.82) is 0 Å². The summed E-state index contributed by atoms with van der Waals surface area (Å²) in [5.74, 6) is 1.85. The van der Waals surface area contributed by atoms with Crippen molar-refractivity contribution in [2.24, 2.45) is 0 Å². The van der Waals surface area contributed by atoms with Crippen LogP contribution in [-0.4, -0.2) is 23.6 Å². The minimum absolute atomic E-state index is 0.715. The molecule has 0 spiro atoms. The van der Waals surface area contributed by atoms with Gasteiger partial charge in [0.2, 0.25) is 5.88 Å². The highest BCUT2D eigenvalue weighted by atomic mass is 79.9. The smallest absolute Gasteiger partial charge is 0.213 e. The number of ether oxygens (including phenoxy) is 1. The van der Waals surface area contributed by atoms with Gasteiger partial charge in [-0.25, -0.2) is 4.98 Å². The maximum Gasteiger partial charge on any atom is 0.213 e. The fourth-order valence-electron chi connectivity index (χ4n) is 0.972. The first-order valence-corrected chi connectivity index (χ1v) is 6.66. The molecule has 0 saturated heterocycles. The Morgan fingerprint density at radius 2 is 2.36 bits per heavy atom. The van der Waals surface area contributed by atoms with Gasteiger partial charge in [0.05, 0.1) is 6.61 Å². The third-order valence-electron chi connectivity index (χ3n) is 1.76. The Morgan fingerprint density at radius 3 is 3.00 bits per heavy atom. The van der Waals surface area contributed by atoms with E-state index in [0.717, 1.165) is 28.8 Å². The van der Waals surface area contributed by atoms with E-state index in [0.29, 0.717) is 5.88 Å². The molecular formula is C10H14BrNOS. The average molecular weight is 276 g/mol. The molecule has 1 heterocycles. The molecule has 78 valence electrons. The van der Waals surface area contributed by atoms with Crippen molar-refractivity contribution >= 4 is 27.7 Å². The van der Waals surface area contributed by atoms with Crippen molar-refractivity contribution in [2.45, 2.75) is 13.3 Å². The van der Waals surface area contributed by atoms with Crippen LogP contribution in [0.2, 0.25) is 0 Å². The number of aryl methyl sites for hydroxylation is 1. The molecule has 0 unspecified atom stereocenters. The molecule has 2 nitrogen and oxygen atoms in total. The number of thioether (sulfide) groups is 1. The first-order chi connectivity index (χ1) is 6.74. The molecule has 14 heavy (non-hydrogen) atoms. The SMILES string of the molecule is CSCCCOc1cc(C)c(Br)cn1. The Hall–Kier alpha value is -0.220. The van der Waals surface area contributed by atoms with Gasteiger partial charge in [0.15, 0.2) is 0 Å². The zero-order valence-corrected chi connectivity index (χ0v) is 10.8. The van der Waals surface area contributed by atoms with E-state index >= 15 is 0 Å². The molecule has 0 radical (unpaired) electrons. The maximum absolute atomic E-state index is 5.50. The Morgan fingerprint density at radius 1 is 1.57 bits per heavy atom. The van der Waals surface area contributed by atoms with Gasteiger partial charge in [0.25, 0.3) is 0 Å². The monoisotopic (exact) mass is 275 g/mol. The Kier molecular flexibility index (Phi) is 5.33. The van der Waals surface area contributed by atoms with E-state index in [4.69, 9.17) is 4.74 Å². The van der Waals surface area contributed by atoms with E-state index in [1.165, 1.54) is 0 Å². The first kappa shape index (κ1) is 11.9. The first-order valence-electron chi connectivity index (χ1n) is 4.48. The summed E-state index contributed by atoms with van der Waals surface area (Å²) in [6, 6.07) is 1.95.